The molecule has 0 fully saturated rings. The smallest absolute Gasteiger partial charge is 0.0963 e. The topological polar surface area (TPSA) is 27.6 Å². The minimum atomic E-state index is 1.03. The largest absolute Gasteiger partial charge is 0.374 e. The zero-order valence-electron chi connectivity index (χ0n) is 10.3. The quantitative estimate of drug-likeness (QED) is 0.703. The summed E-state index contributed by atoms with van der Waals surface area (Å²) in [6.07, 6.45) is 7.60. The Kier molecular flexibility index (Phi) is 6.41. The molecular formula is C12H25N3. The minimum Gasteiger partial charge on any atom is -0.374 e. The van der Waals surface area contributed by atoms with E-state index in [9.17, 15) is 0 Å². The first-order valence-corrected chi connectivity index (χ1v) is 6.21. The van der Waals surface area contributed by atoms with E-state index in [1.54, 1.807) is 0 Å². The highest BCUT2D eigenvalue weighted by Gasteiger charge is 2.02. The van der Waals surface area contributed by atoms with Gasteiger partial charge in [-0.3, -0.25) is 4.99 Å². The van der Waals surface area contributed by atoms with E-state index in [-0.39, 0.29) is 0 Å². The summed E-state index contributed by atoms with van der Waals surface area (Å²) >= 11 is 0. The van der Waals surface area contributed by atoms with Crippen LogP contribution < -0.4 is 5.32 Å². The molecule has 0 aliphatic carbocycles. The zero-order chi connectivity index (χ0) is 10.9. The molecule has 0 saturated heterocycles. The molecule has 1 heterocycles. The first-order chi connectivity index (χ1) is 7.29. The van der Waals surface area contributed by atoms with Crippen molar-refractivity contribution >= 4 is 5.84 Å². The molecule has 1 aliphatic rings. The molecule has 0 unspecified atom stereocenters. The predicted molar refractivity (Wildman–Crippen MR) is 66.6 cm³/mol. The Morgan fingerprint density at radius 1 is 1.20 bits per heavy atom. The van der Waals surface area contributed by atoms with Crippen LogP contribution in [0.25, 0.3) is 0 Å². The van der Waals surface area contributed by atoms with Crippen molar-refractivity contribution in [2.45, 2.75) is 38.5 Å². The van der Waals surface area contributed by atoms with Crippen molar-refractivity contribution in [2.24, 2.45) is 4.99 Å². The summed E-state index contributed by atoms with van der Waals surface area (Å²) < 4.78 is 0. The molecule has 0 aromatic rings. The lowest BCUT2D eigenvalue weighted by Crippen LogP contribution is -2.25. The van der Waals surface area contributed by atoms with Crippen molar-refractivity contribution in [1.82, 2.24) is 10.2 Å². The third-order valence-electron chi connectivity index (χ3n) is 2.74. The summed E-state index contributed by atoms with van der Waals surface area (Å²) in [7, 11) is 4.26. The number of hydrogen-bond donors (Lipinski definition) is 1. The van der Waals surface area contributed by atoms with Gasteiger partial charge in [0.15, 0.2) is 0 Å². The van der Waals surface area contributed by atoms with E-state index in [2.05, 4.69) is 29.3 Å². The number of nitrogens with one attached hydrogen (secondary N) is 1. The summed E-state index contributed by atoms with van der Waals surface area (Å²) in [5.74, 6) is 1.25. The van der Waals surface area contributed by atoms with E-state index in [1.807, 2.05) is 0 Å². The van der Waals surface area contributed by atoms with Crippen LogP contribution >= 0.6 is 0 Å². The van der Waals surface area contributed by atoms with Gasteiger partial charge in [-0.1, -0.05) is 6.42 Å². The van der Waals surface area contributed by atoms with Crippen molar-refractivity contribution in [1.29, 1.82) is 0 Å². The molecule has 1 aliphatic heterocycles. The van der Waals surface area contributed by atoms with Crippen molar-refractivity contribution in [3.05, 3.63) is 0 Å². The molecular weight excluding hydrogens is 186 g/mol. The Hall–Kier alpha value is -0.570. The van der Waals surface area contributed by atoms with Gasteiger partial charge in [-0.15, -0.1) is 0 Å². The van der Waals surface area contributed by atoms with E-state index in [4.69, 9.17) is 0 Å². The Labute approximate surface area is 94.0 Å². The molecule has 1 N–H and O–H groups in total. The first-order valence-electron chi connectivity index (χ1n) is 6.21. The number of unbranched alkanes of at least 4 members (excludes halogenated alkanes) is 1. The van der Waals surface area contributed by atoms with E-state index in [0.29, 0.717) is 0 Å². The molecule has 3 nitrogen and oxygen atoms in total. The first kappa shape index (κ1) is 12.5. The van der Waals surface area contributed by atoms with Crippen LogP contribution in [0.1, 0.15) is 38.5 Å². The van der Waals surface area contributed by atoms with Gasteiger partial charge in [-0.05, 0) is 46.3 Å². The Morgan fingerprint density at radius 2 is 2.07 bits per heavy atom. The van der Waals surface area contributed by atoms with Crippen LogP contribution in [-0.2, 0) is 0 Å². The van der Waals surface area contributed by atoms with E-state index >= 15 is 0 Å². The van der Waals surface area contributed by atoms with Gasteiger partial charge in [0.25, 0.3) is 0 Å². The highest BCUT2D eigenvalue weighted by Crippen LogP contribution is 2.05. The van der Waals surface area contributed by atoms with Crippen LogP contribution in [0.15, 0.2) is 4.99 Å². The van der Waals surface area contributed by atoms with E-state index in [0.717, 1.165) is 19.5 Å². The summed E-state index contributed by atoms with van der Waals surface area (Å²) in [5.41, 5.74) is 0. The maximum absolute atomic E-state index is 4.55. The second-order valence-electron chi connectivity index (χ2n) is 4.58. The lowest BCUT2D eigenvalue weighted by Gasteiger charge is -2.10. The average molecular weight is 211 g/mol. The highest BCUT2D eigenvalue weighted by molar-refractivity contribution is 5.82. The molecule has 0 radical (unpaired) electrons. The van der Waals surface area contributed by atoms with Crippen LogP contribution in [0, 0.1) is 0 Å². The van der Waals surface area contributed by atoms with Crippen LogP contribution in [-0.4, -0.2) is 44.5 Å². The van der Waals surface area contributed by atoms with Crippen molar-refractivity contribution < 1.29 is 0 Å². The Balaban J connectivity index is 2.01. The SMILES string of the molecule is CN(C)CCCCNC1=NCCCCC1. The molecule has 3 heteroatoms. The third-order valence-corrected chi connectivity index (χ3v) is 2.74. The lowest BCUT2D eigenvalue weighted by atomic mass is 10.2. The fourth-order valence-corrected chi connectivity index (χ4v) is 1.80. The van der Waals surface area contributed by atoms with Gasteiger partial charge in [0.1, 0.15) is 0 Å². The molecule has 0 spiro atoms. The van der Waals surface area contributed by atoms with Gasteiger partial charge in [0.05, 0.1) is 5.84 Å². The average Bonchev–Trinajstić information content (AvgIpc) is 2.45. The zero-order valence-corrected chi connectivity index (χ0v) is 10.3. The molecule has 0 aromatic heterocycles. The second-order valence-corrected chi connectivity index (χ2v) is 4.58. The molecule has 0 saturated carbocycles. The molecule has 0 amide bonds. The lowest BCUT2D eigenvalue weighted by molar-refractivity contribution is 0.394. The number of nitrogens with zero attached hydrogens (tertiary/aromatic N) is 2. The van der Waals surface area contributed by atoms with E-state index < -0.39 is 0 Å². The number of rotatable bonds is 5. The molecule has 0 atom stereocenters. The second kappa shape index (κ2) is 7.69. The normalized spacial score (nSPS) is 17.4. The molecule has 15 heavy (non-hydrogen) atoms. The van der Waals surface area contributed by atoms with E-state index in [1.165, 1.54) is 44.5 Å². The molecule has 88 valence electrons. The molecule has 0 aromatic carbocycles. The van der Waals surface area contributed by atoms with Crippen LogP contribution in [0.4, 0.5) is 0 Å². The monoisotopic (exact) mass is 211 g/mol. The predicted octanol–water partition coefficient (Wildman–Crippen LogP) is 1.89. The molecule has 0 bridgehead atoms. The number of amidine groups is 1. The van der Waals surface area contributed by atoms with Crippen LogP contribution in [0.3, 0.4) is 0 Å². The number of hydrogen-bond acceptors (Lipinski definition) is 3. The standard InChI is InChI=1S/C12H25N3/c1-15(2)11-7-6-10-14-12-8-4-3-5-9-13-12/h3-11H2,1-2H3,(H,13,14). The van der Waals surface area contributed by atoms with Gasteiger partial charge in [0.2, 0.25) is 0 Å². The minimum absolute atomic E-state index is 1.03. The van der Waals surface area contributed by atoms with Gasteiger partial charge in [-0.25, -0.2) is 0 Å². The number of aliphatic imine (C=N–C) groups is 1. The highest BCUT2D eigenvalue weighted by atomic mass is 15.0. The van der Waals surface area contributed by atoms with Crippen LogP contribution in [0.2, 0.25) is 0 Å². The summed E-state index contributed by atoms with van der Waals surface area (Å²) in [4.78, 5) is 6.79. The molecule has 1 rings (SSSR count). The summed E-state index contributed by atoms with van der Waals surface area (Å²) in [5, 5.41) is 3.47. The Bertz CT molecular complexity index is 187. The van der Waals surface area contributed by atoms with Crippen LogP contribution in [0.5, 0.6) is 0 Å². The third kappa shape index (κ3) is 6.50. The van der Waals surface area contributed by atoms with Crippen molar-refractivity contribution in [2.75, 3.05) is 33.7 Å². The summed E-state index contributed by atoms with van der Waals surface area (Å²) in [6, 6.07) is 0. The fourth-order valence-electron chi connectivity index (χ4n) is 1.80. The van der Waals surface area contributed by atoms with Gasteiger partial charge in [0, 0.05) is 19.5 Å². The fraction of sp³-hybridized carbons (Fsp3) is 0.917. The maximum Gasteiger partial charge on any atom is 0.0963 e. The van der Waals surface area contributed by atoms with Crippen molar-refractivity contribution in [3.8, 4) is 0 Å². The van der Waals surface area contributed by atoms with Gasteiger partial charge >= 0.3 is 0 Å². The van der Waals surface area contributed by atoms with Gasteiger partial charge < -0.3 is 10.2 Å². The van der Waals surface area contributed by atoms with Gasteiger partial charge in [-0.2, -0.15) is 0 Å². The maximum atomic E-state index is 4.55. The summed E-state index contributed by atoms with van der Waals surface area (Å²) in [6.45, 7) is 3.31. The van der Waals surface area contributed by atoms with Crippen molar-refractivity contribution in [3.63, 3.8) is 0 Å². The Morgan fingerprint density at radius 3 is 2.87 bits per heavy atom.